The fourth-order valence-corrected chi connectivity index (χ4v) is 3.36. The Labute approximate surface area is 158 Å². The van der Waals surface area contributed by atoms with Crippen molar-refractivity contribution in [3.05, 3.63) is 46.8 Å². The van der Waals surface area contributed by atoms with Crippen LogP contribution in [-0.4, -0.2) is 56.7 Å². The highest BCUT2D eigenvalue weighted by Crippen LogP contribution is 2.20. The SMILES string of the molecule is Cc1ccc(-c2nc3nc(C)c(CC(=O)N4CCOCC4)c(C)n3n2)cc1. The highest BCUT2D eigenvalue weighted by Gasteiger charge is 2.21. The predicted octanol–water partition coefficient (Wildman–Crippen LogP) is 2.12. The lowest BCUT2D eigenvalue weighted by Crippen LogP contribution is -2.41. The van der Waals surface area contributed by atoms with Crippen molar-refractivity contribution in [2.75, 3.05) is 26.3 Å². The smallest absolute Gasteiger partial charge is 0.253 e. The molecule has 0 N–H and O–H groups in total. The van der Waals surface area contributed by atoms with E-state index in [0.717, 1.165) is 22.5 Å². The van der Waals surface area contributed by atoms with Crippen LogP contribution in [0.25, 0.3) is 17.2 Å². The fourth-order valence-electron chi connectivity index (χ4n) is 3.36. The van der Waals surface area contributed by atoms with Gasteiger partial charge in [0.1, 0.15) is 0 Å². The van der Waals surface area contributed by atoms with Crippen LogP contribution in [0, 0.1) is 20.8 Å². The van der Waals surface area contributed by atoms with Crippen molar-refractivity contribution in [3.8, 4) is 11.4 Å². The Morgan fingerprint density at radius 2 is 1.78 bits per heavy atom. The van der Waals surface area contributed by atoms with Gasteiger partial charge < -0.3 is 9.64 Å². The molecule has 3 aromatic rings. The molecule has 0 radical (unpaired) electrons. The predicted molar refractivity (Wildman–Crippen MR) is 102 cm³/mol. The largest absolute Gasteiger partial charge is 0.378 e. The first-order valence-corrected chi connectivity index (χ1v) is 9.18. The van der Waals surface area contributed by atoms with Crippen molar-refractivity contribution in [2.45, 2.75) is 27.2 Å². The summed E-state index contributed by atoms with van der Waals surface area (Å²) < 4.78 is 7.07. The van der Waals surface area contributed by atoms with Gasteiger partial charge in [-0.25, -0.2) is 9.50 Å². The third kappa shape index (κ3) is 3.42. The molecule has 1 aliphatic rings. The number of ether oxygens (including phenoxy) is 1. The number of carbonyl (C=O) groups excluding carboxylic acids is 1. The molecule has 0 bridgehead atoms. The number of rotatable bonds is 3. The quantitative estimate of drug-likeness (QED) is 0.711. The standard InChI is InChI=1S/C20H23N5O2/c1-13-4-6-16(7-5-13)19-22-20-21-14(2)17(15(3)25(20)23-19)12-18(26)24-8-10-27-11-9-24/h4-7H,8-12H2,1-3H3. The van der Waals surface area contributed by atoms with Crippen molar-refractivity contribution in [2.24, 2.45) is 0 Å². The molecule has 0 spiro atoms. The van der Waals surface area contributed by atoms with E-state index in [1.165, 1.54) is 5.56 Å². The molecule has 1 amide bonds. The third-order valence-electron chi connectivity index (χ3n) is 5.05. The molecular weight excluding hydrogens is 342 g/mol. The number of aromatic nitrogens is 4. The second-order valence-electron chi connectivity index (χ2n) is 6.94. The number of amides is 1. The van der Waals surface area contributed by atoms with E-state index in [0.29, 0.717) is 44.3 Å². The minimum Gasteiger partial charge on any atom is -0.378 e. The molecule has 2 aromatic heterocycles. The van der Waals surface area contributed by atoms with E-state index in [9.17, 15) is 4.79 Å². The van der Waals surface area contributed by atoms with Gasteiger partial charge in [0.05, 0.1) is 19.6 Å². The van der Waals surface area contributed by atoms with Crippen molar-refractivity contribution in [1.82, 2.24) is 24.5 Å². The van der Waals surface area contributed by atoms with Gasteiger partial charge in [0, 0.05) is 35.6 Å². The molecule has 1 aromatic carbocycles. The van der Waals surface area contributed by atoms with Crippen LogP contribution in [0.15, 0.2) is 24.3 Å². The Kier molecular flexibility index (Phi) is 4.61. The zero-order valence-electron chi connectivity index (χ0n) is 15.9. The molecule has 4 rings (SSSR count). The highest BCUT2D eigenvalue weighted by atomic mass is 16.5. The Balaban J connectivity index is 1.67. The maximum atomic E-state index is 12.7. The summed E-state index contributed by atoms with van der Waals surface area (Å²) in [5.41, 5.74) is 4.79. The van der Waals surface area contributed by atoms with Gasteiger partial charge in [-0.2, -0.15) is 4.98 Å². The van der Waals surface area contributed by atoms with E-state index in [-0.39, 0.29) is 5.91 Å². The van der Waals surface area contributed by atoms with Crippen molar-refractivity contribution >= 4 is 11.7 Å². The van der Waals surface area contributed by atoms with Crippen LogP contribution in [0.1, 0.15) is 22.5 Å². The van der Waals surface area contributed by atoms with Gasteiger partial charge in [0.2, 0.25) is 5.91 Å². The van der Waals surface area contributed by atoms with Crippen LogP contribution < -0.4 is 0 Å². The van der Waals surface area contributed by atoms with E-state index < -0.39 is 0 Å². The van der Waals surface area contributed by atoms with Crippen LogP contribution in [0.3, 0.4) is 0 Å². The molecule has 0 aliphatic carbocycles. The summed E-state index contributed by atoms with van der Waals surface area (Å²) in [6.07, 6.45) is 0.320. The second kappa shape index (κ2) is 7.08. The molecule has 3 heterocycles. The zero-order chi connectivity index (χ0) is 19.0. The van der Waals surface area contributed by atoms with Gasteiger partial charge in [-0.05, 0) is 20.8 Å². The van der Waals surface area contributed by atoms with Gasteiger partial charge >= 0.3 is 0 Å². The van der Waals surface area contributed by atoms with Gasteiger partial charge in [-0.3, -0.25) is 4.79 Å². The van der Waals surface area contributed by atoms with Crippen LogP contribution in [-0.2, 0) is 16.0 Å². The molecule has 0 saturated carbocycles. The van der Waals surface area contributed by atoms with Gasteiger partial charge in [0.25, 0.3) is 5.78 Å². The van der Waals surface area contributed by atoms with Gasteiger partial charge in [-0.15, -0.1) is 5.10 Å². The maximum absolute atomic E-state index is 12.7. The average molecular weight is 365 g/mol. The van der Waals surface area contributed by atoms with Crippen LogP contribution >= 0.6 is 0 Å². The van der Waals surface area contributed by atoms with Crippen molar-refractivity contribution < 1.29 is 9.53 Å². The van der Waals surface area contributed by atoms with Crippen LogP contribution in [0.4, 0.5) is 0 Å². The number of hydrogen-bond acceptors (Lipinski definition) is 5. The summed E-state index contributed by atoms with van der Waals surface area (Å²) in [5, 5.41) is 4.63. The minimum atomic E-state index is 0.101. The lowest BCUT2D eigenvalue weighted by molar-refractivity contribution is -0.134. The third-order valence-corrected chi connectivity index (χ3v) is 5.05. The number of carbonyl (C=O) groups is 1. The molecule has 1 saturated heterocycles. The van der Waals surface area contributed by atoms with E-state index in [2.05, 4.69) is 15.1 Å². The summed E-state index contributed by atoms with van der Waals surface area (Å²) in [4.78, 5) is 23.7. The average Bonchev–Trinajstić information content (AvgIpc) is 3.10. The number of aryl methyl sites for hydroxylation is 3. The summed E-state index contributed by atoms with van der Waals surface area (Å²) >= 11 is 0. The zero-order valence-corrected chi connectivity index (χ0v) is 15.9. The van der Waals surface area contributed by atoms with Gasteiger partial charge in [0.15, 0.2) is 5.82 Å². The first kappa shape index (κ1) is 17.6. The molecule has 7 heteroatoms. The Morgan fingerprint density at radius 3 is 2.48 bits per heavy atom. The van der Waals surface area contributed by atoms with Gasteiger partial charge in [-0.1, -0.05) is 29.8 Å². The van der Waals surface area contributed by atoms with Crippen molar-refractivity contribution in [3.63, 3.8) is 0 Å². The number of fused-ring (bicyclic) bond motifs is 1. The Hall–Kier alpha value is -2.80. The fraction of sp³-hybridized carbons (Fsp3) is 0.400. The second-order valence-corrected chi connectivity index (χ2v) is 6.94. The number of hydrogen-bond donors (Lipinski definition) is 0. The van der Waals surface area contributed by atoms with E-state index in [1.54, 1.807) is 4.52 Å². The van der Waals surface area contributed by atoms with Crippen LogP contribution in [0.2, 0.25) is 0 Å². The molecule has 27 heavy (non-hydrogen) atoms. The Morgan fingerprint density at radius 1 is 1.07 bits per heavy atom. The van der Waals surface area contributed by atoms with E-state index in [1.807, 2.05) is 49.9 Å². The number of morpholine rings is 1. The Bertz CT molecular complexity index is 988. The summed E-state index contributed by atoms with van der Waals surface area (Å²) in [6, 6.07) is 8.10. The molecule has 1 aliphatic heterocycles. The molecular formula is C20H23N5O2. The normalized spacial score (nSPS) is 14.7. The number of benzene rings is 1. The van der Waals surface area contributed by atoms with Crippen LogP contribution in [0.5, 0.6) is 0 Å². The molecule has 1 fully saturated rings. The molecule has 0 atom stereocenters. The summed E-state index contributed by atoms with van der Waals surface area (Å²) in [6.45, 7) is 8.44. The summed E-state index contributed by atoms with van der Waals surface area (Å²) in [5.74, 6) is 1.30. The molecule has 7 nitrogen and oxygen atoms in total. The first-order chi connectivity index (χ1) is 13.0. The lowest BCUT2D eigenvalue weighted by Gasteiger charge is -2.27. The van der Waals surface area contributed by atoms with E-state index in [4.69, 9.17) is 4.74 Å². The molecule has 140 valence electrons. The highest BCUT2D eigenvalue weighted by molar-refractivity contribution is 5.79. The summed E-state index contributed by atoms with van der Waals surface area (Å²) in [7, 11) is 0. The van der Waals surface area contributed by atoms with Crippen molar-refractivity contribution in [1.29, 1.82) is 0 Å². The molecule has 0 unspecified atom stereocenters. The lowest BCUT2D eigenvalue weighted by atomic mass is 10.1. The number of nitrogens with zero attached hydrogens (tertiary/aromatic N) is 5. The maximum Gasteiger partial charge on any atom is 0.253 e. The minimum absolute atomic E-state index is 0.101. The topological polar surface area (TPSA) is 72.6 Å². The first-order valence-electron chi connectivity index (χ1n) is 9.18. The van der Waals surface area contributed by atoms with E-state index >= 15 is 0 Å². The monoisotopic (exact) mass is 365 g/mol.